The molecule has 0 bridgehead atoms. The quantitative estimate of drug-likeness (QED) is 0.777. The Labute approximate surface area is 125 Å². The molecule has 3 N–H and O–H groups in total. The molecule has 2 aliphatic carbocycles. The summed E-state index contributed by atoms with van der Waals surface area (Å²) in [4.78, 5) is 12.1. The van der Waals surface area contributed by atoms with Crippen molar-refractivity contribution in [3.8, 4) is 0 Å². The molecule has 2 amide bonds. The second-order valence-corrected chi connectivity index (χ2v) is 6.62. The van der Waals surface area contributed by atoms with Gasteiger partial charge in [-0.3, -0.25) is 0 Å². The first-order valence-corrected chi connectivity index (χ1v) is 7.87. The summed E-state index contributed by atoms with van der Waals surface area (Å²) in [6, 6.07) is 8.30. The van der Waals surface area contributed by atoms with Crippen LogP contribution in [0.2, 0.25) is 0 Å². The van der Waals surface area contributed by atoms with Gasteiger partial charge in [0.05, 0.1) is 12.1 Å². The molecule has 0 heterocycles. The fraction of sp³-hybridized carbons (Fsp3) is 0.588. The first kappa shape index (κ1) is 14.4. The topological polar surface area (TPSA) is 61.4 Å². The van der Waals surface area contributed by atoms with Crippen molar-refractivity contribution in [1.82, 2.24) is 10.6 Å². The molecule has 21 heavy (non-hydrogen) atoms. The molecule has 1 fully saturated rings. The van der Waals surface area contributed by atoms with E-state index in [1.807, 2.05) is 6.92 Å². The molecule has 4 nitrogen and oxygen atoms in total. The molecule has 1 aromatic rings. The lowest BCUT2D eigenvalue weighted by atomic mass is 9.97. The Hall–Kier alpha value is -1.55. The lowest BCUT2D eigenvalue weighted by molar-refractivity contribution is 0.155. The highest BCUT2D eigenvalue weighted by Gasteiger charge is 2.42. The van der Waals surface area contributed by atoms with Crippen LogP contribution in [-0.4, -0.2) is 29.8 Å². The van der Waals surface area contributed by atoms with Crippen molar-refractivity contribution in [2.24, 2.45) is 5.92 Å². The number of carbonyl (C=O) groups excluding carboxylic acids is 1. The average molecular weight is 288 g/mol. The van der Waals surface area contributed by atoms with E-state index < -0.39 is 5.54 Å². The van der Waals surface area contributed by atoms with Crippen LogP contribution in [0.25, 0.3) is 0 Å². The molecule has 114 valence electrons. The van der Waals surface area contributed by atoms with Crippen LogP contribution < -0.4 is 10.6 Å². The molecule has 0 radical (unpaired) electrons. The number of aliphatic hydroxyl groups is 1. The molecular weight excluding hydrogens is 264 g/mol. The standard InChI is InChI=1S/C17H24N2O2/c1-17(11-20,14-8-9-14)19-16(21)18-10-13-7-6-12-4-2-3-5-15(12)13/h2-5,13-14,20H,6-11H2,1H3,(H2,18,19,21)/t13-,17-/m1/s1. The van der Waals surface area contributed by atoms with Crippen LogP contribution in [0, 0.1) is 5.92 Å². The average Bonchev–Trinajstić information content (AvgIpc) is 3.27. The fourth-order valence-corrected chi connectivity index (χ4v) is 3.37. The number of hydrogen-bond donors (Lipinski definition) is 3. The maximum Gasteiger partial charge on any atom is 0.315 e. The van der Waals surface area contributed by atoms with Crippen molar-refractivity contribution in [2.75, 3.05) is 13.2 Å². The second-order valence-electron chi connectivity index (χ2n) is 6.62. The summed E-state index contributed by atoms with van der Waals surface area (Å²) in [6.07, 6.45) is 4.38. The molecule has 1 aromatic carbocycles. The van der Waals surface area contributed by atoms with Gasteiger partial charge in [-0.1, -0.05) is 24.3 Å². The first-order chi connectivity index (χ1) is 10.1. The van der Waals surface area contributed by atoms with Gasteiger partial charge in [-0.05, 0) is 49.7 Å². The number of carbonyl (C=O) groups is 1. The third-order valence-electron chi connectivity index (χ3n) is 4.97. The number of aliphatic hydroxyl groups excluding tert-OH is 1. The second kappa shape index (κ2) is 5.68. The van der Waals surface area contributed by atoms with Crippen LogP contribution in [-0.2, 0) is 6.42 Å². The van der Waals surface area contributed by atoms with E-state index in [1.165, 1.54) is 11.1 Å². The summed E-state index contributed by atoms with van der Waals surface area (Å²) >= 11 is 0. The predicted octanol–water partition coefficient (Wildman–Crippen LogP) is 2.18. The van der Waals surface area contributed by atoms with Crippen molar-refractivity contribution >= 4 is 6.03 Å². The van der Waals surface area contributed by atoms with E-state index >= 15 is 0 Å². The summed E-state index contributed by atoms with van der Waals surface area (Å²) in [5.74, 6) is 0.828. The number of aryl methyl sites for hydroxylation is 1. The van der Waals surface area contributed by atoms with E-state index in [9.17, 15) is 9.90 Å². The van der Waals surface area contributed by atoms with E-state index in [-0.39, 0.29) is 12.6 Å². The van der Waals surface area contributed by atoms with Crippen molar-refractivity contribution in [2.45, 2.75) is 44.1 Å². The largest absolute Gasteiger partial charge is 0.394 e. The fourth-order valence-electron chi connectivity index (χ4n) is 3.37. The molecule has 2 aliphatic rings. The van der Waals surface area contributed by atoms with Gasteiger partial charge in [-0.15, -0.1) is 0 Å². The van der Waals surface area contributed by atoms with Gasteiger partial charge in [0.2, 0.25) is 0 Å². The van der Waals surface area contributed by atoms with Gasteiger partial charge < -0.3 is 15.7 Å². The molecule has 0 aliphatic heterocycles. The monoisotopic (exact) mass is 288 g/mol. The van der Waals surface area contributed by atoms with Crippen LogP contribution in [0.4, 0.5) is 4.79 Å². The van der Waals surface area contributed by atoms with Crippen LogP contribution in [0.5, 0.6) is 0 Å². The zero-order chi connectivity index (χ0) is 14.9. The Morgan fingerprint density at radius 2 is 2.10 bits per heavy atom. The SMILES string of the molecule is C[C@](CO)(NC(=O)NC[C@H]1CCc2ccccc21)C1CC1. The van der Waals surface area contributed by atoms with Gasteiger partial charge in [0.25, 0.3) is 0 Å². The highest BCUT2D eigenvalue weighted by atomic mass is 16.3. The Kier molecular flexibility index (Phi) is 3.89. The Balaban J connectivity index is 1.53. The van der Waals surface area contributed by atoms with Crippen molar-refractivity contribution in [3.63, 3.8) is 0 Å². The zero-order valence-electron chi connectivity index (χ0n) is 12.6. The third kappa shape index (κ3) is 3.05. The third-order valence-corrected chi connectivity index (χ3v) is 4.97. The number of fused-ring (bicyclic) bond motifs is 1. The summed E-state index contributed by atoms with van der Waals surface area (Å²) in [6.45, 7) is 2.58. The van der Waals surface area contributed by atoms with E-state index in [4.69, 9.17) is 0 Å². The normalized spacial score (nSPS) is 23.2. The lowest BCUT2D eigenvalue weighted by Crippen LogP contribution is -2.54. The maximum atomic E-state index is 12.1. The van der Waals surface area contributed by atoms with Gasteiger partial charge in [-0.2, -0.15) is 0 Å². The molecule has 4 heteroatoms. The molecule has 0 aromatic heterocycles. The molecule has 0 unspecified atom stereocenters. The van der Waals surface area contributed by atoms with E-state index in [0.717, 1.165) is 25.7 Å². The van der Waals surface area contributed by atoms with Gasteiger partial charge in [-0.25, -0.2) is 4.79 Å². The van der Waals surface area contributed by atoms with Crippen LogP contribution >= 0.6 is 0 Å². The summed E-state index contributed by atoms with van der Waals surface area (Å²) in [5.41, 5.74) is 2.30. The van der Waals surface area contributed by atoms with Crippen molar-refractivity contribution in [3.05, 3.63) is 35.4 Å². The number of urea groups is 1. The number of nitrogens with one attached hydrogen (secondary N) is 2. The van der Waals surface area contributed by atoms with E-state index in [0.29, 0.717) is 18.4 Å². The summed E-state index contributed by atoms with van der Waals surface area (Å²) < 4.78 is 0. The van der Waals surface area contributed by atoms with Gasteiger partial charge in [0, 0.05) is 12.5 Å². The minimum atomic E-state index is -0.475. The van der Waals surface area contributed by atoms with E-state index in [1.54, 1.807) is 0 Å². The Morgan fingerprint density at radius 3 is 2.81 bits per heavy atom. The van der Waals surface area contributed by atoms with Crippen LogP contribution in [0.3, 0.4) is 0 Å². The van der Waals surface area contributed by atoms with Crippen molar-refractivity contribution in [1.29, 1.82) is 0 Å². The molecule has 2 atom stereocenters. The summed E-state index contributed by atoms with van der Waals surface area (Å²) in [5, 5.41) is 15.4. The first-order valence-electron chi connectivity index (χ1n) is 7.87. The van der Waals surface area contributed by atoms with Crippen LogP contribution in [0.15, 0.2) is 24.3 Å². The molecule has 0 saturated heterocycles. The van der Waals surface area contributed by atoms with Crippen LogP contribution in [0.1, 0.15) is 43.2 Å². The Bertz CT molecular complexity index is 527. The number of hydrogen-bond acceptors (Lipinski definition) is 2. The Morgan fingerprint density at radius 1 is 1.33 bits per heavy atom. The van der Waals surface area contributed by atoms with E-state index in [2.05, 4.69) is 34.9 Å². The highest BCUT2D eigenvalue weighted by Crippen LogP contribution is 2.39. The predicted molar refractivity (Wildman–Crippen MR) is 82.3 cm³/mol. The molecule has 0 spiro atoms. The van der Waals surface area contributed by atoms with Crippen molar-refractivity contribution < 1.29 is 9.90 Å². The number of rotatable bonds is 5. The smallest absolute Gasteiger partial charge is 0.315 e. The van der Waals surface area contributed by atoms with Gasteiger partial charge in [0.15, 0.2) is 0 Å². The molecular formula is C17H24N2O2. The zero-order valence-corrected chi connectivity index (χ0v) is 12.6. The molecule has 3 rings (SSSR count). The summed E-state index contributed by atoms with van der Waals surface area (Å²) in [7, 11) is 0. The maximum absolute atomic E-state index is 12.1. The van der Waals surface area contributed by atoms with Gasteiger partial charge in [0.1, 0.15) is 0 Å². The van der Waals surface area contributed by atoms with Gasteiger partial charge >= 0.3 is 6.03 Å². The minimum absolute atomic E-state index is 0.00263. The lowest BCUT2D eigenvalue weighted by Gasteiger charge is -2.29. The highest BCUT2D eigenvalue weighted by molar-refractivity contribution is 5.75. The minimum Gasteiger partial charge on any atom is -0.394 e. The number of benzene rings is 1. The number of amides is 2. The molecule has 1 saturated carbocycles.